The van der Waals surface area contributed by atoms with Gasteiger partial charge >= 0.3 is 11.9 Å². The molecule has 0 spiro atoms. The Labute approximate surface area is 358 Å². The fourth-order valence-corrected chi connectivity index (χ4v) is 7.41. The van der Waals surface area contributed by atoms with Gasteiger partial charge < -0.3 is 27.9 Å². The van der Waals surface area contributed by atoms with E-state index in [9.17, 15) is 19.0 Å². The normalized spacial score (nSPS) is 13.7. The van der Waals surface area contributed by atoms with Gasteiger partial charge in [0.1, 0.15) is 19.8 Å². The standard InChI is InChI=1S/C48H92NO8P/c1-6-8-10-12-14-16-18-20-22-23-24-25-27-28-30-32-34-36-38-40-47(50)54-44-46(45-56-58(52,53)55-43-42-49(3,4)5)57-48(51)41-39-37-35-33-31-29-26-21-19-17-15-13-11-9-7-2/h15,17,21,26,46H,6-14,16,18-20,22-25,27-45H2,1-5H3/b17-15-,26-21-. The smallest absolute Gasteiger partial charge is 0.306 e. The summed E-state index contributed by atoms with van der Waals surface area (Å²) in [6, 6.07) is 0. The summed E-state index contributed by atoms with van der Waals surface area (Å²) in [5.74, 6) is -0.841. The van der Waals surface area contributed by atoms with E-state index in [1.807, 2.05) is 21.1 Å². The Morgan fingerprint density at radius 1 is 0.534 bits per heavy atom. The number of esters is 2. The van der Waals surface area contributed by atoms with Crippen molar-refractivity contribution in [1.82, 2.24) is 0 Å². The van der Waals surface area contributed by atoms with Crippen molar-refractivity contribution in [1.29, 1.82) is 0 Å². The highest BCUT2D eigenvalue weighted by Crippen LogP contribution is 2.38. The Kier molecular flexibility index (Phi) is 39.8. The molecule has 0 saturated carbocycles. The van der Waals surface area contributed by atoms with Gasteiger partial charge in [0.05, 0.1) is 27.7 Å². The van der Waals surface area contributed by atoms with Crippen LogP contribution in [0.4, 0.5) is 0 Å². The first-order chi connectivity index (χ1) is 28.0. The quantitative estimate of drug-likeness (QED) is 0.0196. The Balaban J connectivity index is 4.27. The Morgan fingerprint density at radius 2 is 0.931 bits per heavy atom. The molecule has 0 aliphatic heterocycles. The van der Waals surface area contributed by atoms with Gasteiger partial charge in [-0.1, -0.05) is 186 Å². The molecular formula is C48H92NO8P. The van der Waals surface area contributed by atoms with E-state index in [4.69, 9.17) is 18.5 Å². The number of unbranched alkanes of at least 4 members (excludes halogenated alkanes) is 26. The van der Waals surface area contributed by atoms with Crippen molar-refractivity contribution in [2.24, 2.45) is 0 Å². The number of nitrogens with zero attached hydrogens (tertiary/aromatic N) is 1. The molecule has 0 saturated heterocycles. The number of carbonyl (C=O) groups excluding carboxylic acids is 2. The molecule has 0 radical (unpaired) electrons. The second-order valence-electron chi connectivity index (χ2n) is 17.5. The van der Waals surface area contributed by atoms with Crippen LogP contribution < -0.4 is 4.89 Å². The van der Waals surface area contributed by atoms with Crippen LogP contribution in [-0.4, -0.2) is 70.0 Å². The maximum Gasteiger partial charge on any atom is 0.306 e. The van der Waals surface area contributed by atoms with Crippen molar-refractivity contribution in [2.75, 3.05) is 47.5 Å². The number of phosphoric acid groups is 1. The number of hydrogen-bond donors (Lipinski definition) is 0. The van der Waals surface area contributed by atoms with Gasteiger partial charge in [0.15, 0.2) is 6.10 Å². The maximum absolute atomic E-state index is 12.7. The molecule has 0 aromatic carbocycles. The first-order valence-electron chi connectivity index (χ1n) is 24.0. The molecule has 0 N–H and O–H groups in total. The fourth-order valence-electron chi connectivity index (χ4n) is 6.69. The SMILES string of the molecule is CCCCC/C=C\C/C=C\CCCCCCCC(=O)OC(COC(=O)CCCCCCCCCCCCCCCCCCCCC)COP(=O)([O-])OCC[N+](C)(C)C. The molecule has 0 aromatic heterocycles. The van der Waals surface area contributed by atoms with Crippen molar-refractivity contribution in [3.8, 4) is 0 Å². The highest BCUT2D eigenvalue weighted by atomic mass is 31.2. The van der Waals surface area contributed by atoms with E-state index in [-0.39, 0.29) is 32.0 Å². The molecule has 342 valence electrons. The third-order valence-corrected chi connectivity index (χ3v) is 11.4. The molecule has 0 fully saturated rings. The first-order valence-corrected chi connectivity index (χ1v) is 25.5. The minimum absolute atomic E-state index is 0.0318. The summed E-state index contributed by atoms with van der Waals surface area (Å²) in [5, 5.41) is 0. The third kappa shape index (κ3) is 44.1. The monoisotopic (exact) mass is 842 g/mol. The minimum atomic E-state index is -4.63. The van der Waals surface area contributed by atoms with Crippen molar-refractivity contribution < 1.29 is 42.1 Å². The molecular weight excluding hydrogens is 750 g/mol. The lowest BCUT2D eigenvalue weighted by Gasteiger charge is -2.28. The van der Waals surface area contributed by atoms with Crippen LogP contribution in [0, 0.1) is 0 Å². The average Bonchev–Trinajstić information content (AvgIpc) is 3.17. The van der Waals surface area contributed by atoms with Crippen molar-refractivity contribution in [3.05, 3.63) is 24.3 Å². The van der Waals surface area contributed by atoms with Crippen LogP contribution in [0.3, 0.4) is 0 Å². The molecule has 58 heavy (non-hydrogen) atoms. The molecule has 0 heterocycles. The zero-order valence-electron chi connectivity index (χ0n) is 38.5. The zero-order valence-corrected chi connectivity index (χ0v) is 39.4. The van der Waals surface area contributed by atoms with E-state index in [0.717, 1.165) is 57.8 Å². The van der Waals surface area contributed by atoms with Crippen LogP contribution in [-0.2, 0) is 32.7 Å². The summed E-state index contributed by atoms with van der Waals surface area (Å²) >= 11 is 0. The van der Waals surface area contributed by atoms with Crippen molar-refractivity contribution in [2.45, 2.75) is 225 Å². The number of allylic oxidation sites excluding steroid dienone is 4. The fraction of sp³-hybridized carbons (Fsp3) is 0.875. The number of likely N-dealkylation sites (N-methyl/N-ethyl adjacent to an activating group) is 1. The average molecular weight is 842 g/mol. The van der Waals surface area contributed by atoms with Gasteiger partial charge in [-0.05, 0) is 44.9 Å². The van der Waals surface area contributed by atoms with Crippen LogP contribution in [0.15, 0.2) is 24.3 Å². The van der Waals surface area contributed by atoms with Gasteiger partial charge in [0.2, 0.25) is 0 Å². The highest BCUT2D eigenvalue weighted by molar-refractivity contribution is 7.45. The lowest BCUT2D eigenvalue weighted by molar-refractivity contribution is -0.870. The van der Waals surface area contributed by atoms with E-state index in [2.05, 4.69) is 38.2 Å². The number of ether oxygens (including phenoxy) is 2. The molecule has 9 nitrogen and oxygen atoms in total. The number of phosphoric ester groups is 1. The molecule has 0 aliphatic rings. The first kappa shape index (κ1) is 56.5. The number of rotatable bonds is 44. The minimum Gasteiger partial charge on any atom is -0.756 e. The van der Waals surface area contributed by atoms with E-state index in [1.165, 1.54) is 128 Å². The zero-order chi connectivity index (χ0) is 42.8. The molecule has 10 heteroatoms. The van der Waals surface area contributed by atoms with Gasteiger partial charge in [-0.25, -0.2) is 0 Å². The van der Waals surface area contributed by atoms with Crippen molar-refractivity contribution in [3.63, 3.8) is 0 Å². The van der Waals surface area contributed by atoms with Gasteiger partial charge in [0, 0.05) is 12.8 Å². The van der Waals surface area contributed by atoms with E-state index in [1.54, 1.807) is 0 Å². The Morgan fingerprint density at radius 3 is 1.40 bits per heavy atom. The molecule has 2 unspecified atom stereocenters. The van der Waals surface area contributed by atoms with Gasteiger partial charge in [-0.15, -0.1) is 0 Å². The lowest BCUT2D eigenvalue weighted by Crippen LogP contribution is -2.37. The summed E-state index contributed by atoms with van der Waals surface area (Å²) in [6.45, 7) is 4.21. The van der Waals surface area contributed by atoms with Crippen LogP contribution in [0.25, 0.3) is 0 Å². The number of quaternary nitrogens is 1. The lowest BCUT2D eigenvalue weighted by atomic mass is 10.0. The van der Waals surface area contributed by atoms with Gasteiger partial charge in [0.25, 0.3) is 7.82 Å². The number of hydrogen-bond acceptors (Lipinski definition) is 8. The molecule has 0 aliphatic carbocycles. The summed E-state index contributed by atoms with van der Waals surface area (Å²) in [4.78, 5) is 37.6. The van der Waals surface area contributed by atoms with Crippen LogP contribution in [0.5, 0.6) is 0 Å². The predicted molar refractivity (Wildman–Crippen MR) is 241 cm³/mol. The van der Waals surface area contributed by atoms with Gasteiger partial charge in [-0.2, -0.15) is 0 Å². The molecule has 0 aromatic rings. The third-order valence-electron chi connectivity index (χ3n) is 10.5. The van der Waals surface area contributed by atoms with E-state index >= 15 is 0 Å². The summed E-state index contributed by atoms with van der Waals surface area (Å²) in [6.07, 6.45) is 44.9. The second kappa shape index (κ2) is 40.9. The molecule has 0 rings (SSSR count). The molecule has 2 atom stereocenters. The summed E-state index contributed by atoms with van der Waals surface area (Å²) in [7, 11) is 1.16. The summed E-state index contributed by atoms with van der Waals surface area (Å²) < 4.78 is 34.0. The second-order valence-corrected chi connectivity index (χ2v) is 18.9. The molecule has 0 amide bonds. The van der Waals surface area contributed by atoms with Crippen LogP contribution in [0.1, 0.15) is 219 Å². The van der Waals surface area contributed by atoms with Crippen molar-refractivity contribution >= 4 is 19.8 Å². The molecule has 0 bridgehead atoms. The van der Waals surface area contributed by atoms with Crippen LogP contribution >= 0.6 is 7.82 Å². The number of carbonyl (C=O) groups is 2. The predicted octanol–water partition coefficient (Wildman–Crippen LogP) is 13.3. The topological polar surface area (TPSA) is 111 Å². The van der Waals surface area contributed by atoms with Gasteiger partial charge in [-0.3, -0.25) is 14.2 Å². The Bertz CT molecular complexity index is 1040. The highest BCUT2D eigenvalue weighted by Gasteiger charge is 2.21. The largest absolute Gasteiger partial charge is 0.756 e. The van der Waals surface area contributed by atoms with E-state index < -0.39 is 26.5 Å². The Hall–Kier alpha value is -1.51. The van der Waals surface area contributed by atoms with Crippen LogP contribution in [0.2, 0.25) is 0 Å². The van der Waals surface area contributed by atoms with E-state index in [0.29, 0.717) is 17.4 Å². The maximum atomic E-state index is 12.7. The summed E-state index contributed by atoms with van der Waals surface area (Å²) in [5.41, 5.74) is 0.